The molecule has 0 aliphatic heterocycles. The van der Waals surface area contributed by atoms with E-state index in [1.807, 2.05) is 0 Å². The van der Waals surface area contributed by atoms with Crippen LogP contribution >= 0.6 is 0 Å². The summed E-state index contributed by atoms with van der Waals surface area (Å²) in [5, 5.41) is 1.57. The van der Waals surface area contributed by atoms with Gasteiger partial charge < -0.3 is 4.74 Å². The Morgan fingerprint density at radius 2 is 1.37 bits per heavy atom. The van der Waals surface area contributed by atoms with Crippen LogP contribution in [0.2, 0.25) is 18.1 Å². The molecule has 0 spiro atoms. The maximum atomic E-state index is 5.92. The van der Waals surface area contributed by atoms with Crippen molar-refractivity contribution < 1.29 is 4.74 Å². The largest absolute Gasteiger partial charge is 0.494 e. The van der Waals surface area contributed by atoms with Gasteiger partial charge in [-0.2, -0.15) is 0 Å². The molecule has 0 atom stereocenters. The maximum absolute atomic E-state index is 5.92. The molecule has 0 radical (unpaired) electrons. The zero-order valence-electron chi connectivity index (χ0n) is 13.2. The second-order valence-corrected chi connectivity index (χ2v) is 10.1. The first kappa shape index (κ1) is 16.3. The fourth-order valence-electron chi connectivity index (χ4n) is 3.40. The van der Waals surface area contributed by atoms with E-state index in [0.717, 1.165) is 12.4 Å². The van der Waals surface area contributed by atoms with E-state index in [9.17, 15) is 0 Å². The summed E-state index contributed by atoms with van der Waals surface area (Å²) in [5.41, 5.74) is 0. The molecule has 1 aromatic rings. The number of rotatable bonds is 9. The van der Waals surface area contributed by atoms with Crippen molar-refractivity contribution in [1.29, 1.82) is 0 Å². The van der Waals surface area contributed by atoms with E-state index in [2.05, 4.69) is 52.0 Å². The van der Waals surface area contributed by atoms with E-state index in [1.54, 1.807) is 5.19 Å². The van der Waals surface area contributed by atoms with E-state index in [-0.39, 0.29) is 0 Å². The molecule has 0 amide bonds. The molecule has 0 N–H and O–H groups in total. The standard InChI is InChI=1S/C17H30OSi/c1-5-13-19(14-6-2,15-7-3)17-12-10-9-11-16(17)18-8-4/h9-12H,5-8,13-15H2,1-4H3. The van der Waals surface area contributed by atoms with Crippen LogP contribution in [0.25, 0.3) is 0 Å². The van der Waals surface area contributed by atoms with Crippen molar-refractivity contribution in [3.05, 3.63) is 24.3 Å². The molecule has 0 saturated carbocycles. The number of hydrogen-bond donors (Lipinski definition) is 0. The highest BCUT2D eigenvalue weighted by Crippen LogP contribution is 2.29. The normalized spacial score (nSPS) is 11.6. The monoisotopic (exact) mass is 278 g/mol. The Balaban J connectivity index is 3.20. The van der Waals surface area contributed by atoms with Crippen LogP contribution in [0.5, 0.6) is 5.75 Å². The Labute approximate surface area is 120 Å². The van der Waals surface area contributed by atoms with Gasteiger partial charge in [-0.25, -0.2) is 0 Å². The Morgan fingerprint density at radius 1 is 0.842 bits per heavy atom. The van der Waals surface area contributed by atoms with E-state index < -0.39 is 8.07 Å². The summed E-state index contributed by atoms with van der Waals surface area (Å²) in [6, 6.07) is 13.0. The van der Waals surface area contributed by atoms with Gasteiger partial charge in [-0.05, 0) is 18.2 Å². The minimum Gasteiger partial charge on any atom is -0.494 e. The van der Waals surface area contributed by atoms with Crippen LogP contribution in [0.3, 0.4) is 0 Å². The van der Waals surface area contributed by atoms with Gasteiger partial charge in [0.25, 0.3) is 0 Å². The van der Waals surface area contributed by atoms with Crippen LogP contribution in [-0.2, 0) is 0 Å². The summed E-state index contributed by atoms with van der Waals surface area (Å²) >= 11 is 0. The van der Waals surface area contributed by atoms with Crippen molar-refractivity contribution in [2.75, 3.05) is 6.61 Å². The number of benzene rings is 1. The molecule has 2 heteroatoms. The first-order valence-corrected chi connectivity index (χ1v) is 10.6. The molecular formula is C17H30OSi. The highest BCUT2D eigenvalue weighted by molar-refractivity contribution is 6.92. The lowest BCUT2D eigenvalue weighted by molar-refractivity contribution is 0.342. The molecular weight excluding hydrogens is 248 g/mol. The van der Waals surface area contributed by atoms with Gasteiger partial charge >= 0.3 is 0 Å². The quantitative estimate of drug-likeness (QED) is 0.579. The molecule has 0 saturated heterocycles. The van der Waals surface area contributed by atoms with Crippen molar-refractivity contribution in [2.24, 2.45) is 0 Å². The topological polar surface area (TPSA) is 9.23 Å². The molecule has 0 aliphatic rings. The molecule has 1 rings (SSSR count). The zero-order valence-corrected chi connectivity index (χ0v) is 14.2. The first-order valence-electron chi connectivity index (χ1n) is 7.96. The van der Waals surface area contributed by atoms with Crippen molar-refractivity contribution in [2.45, 2.75) is 65.1 Å². The fourth-order valence-corrected chi connectivity index (χ4v) is 8.96. The van der Waals surface area contributed by atoms with Crippen LogP contribution in [0.4, 0.5) is 0 Å². The highest BCUT2D eigenvalue weighted by atomic mass is 28.3. The van der Waals surface area contributed by atoms with Crippen molar-refractivity contribution in [1.82, 2.24) is 0 Å². The average Bonchev–Trinajstić information content (AvgIpc) is 2.40. The van der Waals surface area contributed by atoms with Crippen LogP contribution in [0.15, 0.2) is 24.3 Å². The molecule has 0 aromatic heterocycles. The first-order chi connectivity index (χ1) is 9.24. The van der Waals surface area contributed by atoms with Gasteiger partial charge in [0.2, 0.25) is 0 Å². The van der Waals surface area contributed by atoms with Gasteiger partial charge in [0.15, 0.2) is 0 Å². The molecule has 19 heavy (non-hydrogen) atoms. The minimum atomic E-state index is -1.38. The maximum Gasteiger partial charge on any atom is 0.118 e. The molecule has 0 heterocycles. The van der Waals surface area contributed by atoms with Gasteiger partial charge in [-0.15, -0.1) is 0 Å². The highest BCUT2D eigenvalue weighted by Gasteiger charge is 2.34. The average molecular weight is 279 g/mol. The van der Waals surface area contributed by atoms with E-state index >= 15 is 0 Å². The van der Waals surface area contributed by atoms with Crippen molar-refractivity contribution in [3.8, 4) is 5.75 Å². The van der Waals surface area contributed by atoms with Crippen molar-refractivity contribution in [3.63, 3.8) is 0 Å². The third-order valence-electron chi connectivity index (χ3n) is 3.94. The summed E-state index contributed by atoms with van der Waals surface area (Å²) in [6.45, 7) is 9.84. The molecule has 0 fully saturated rings. The Bertz CT molecular complexity index is 345. The Morgan fingerprint density at radius 3 is 1.84 bits per heavy atom. The van der Waals surface area contributed by atoms with E-state index in [1.165, 1.54) is 37.4 Å². The van der Waals surface area contributed by atoms with Crippen molar-refractivity contribution >= 4 is 13.3 Å². The predicted molar refractivity (Wildman–Crippen MR) is 88.3 cm³/mol. The second-order valence-electron chi connectivity index (χ2n) is 5.46. The lowest BCUT2D eigenvalue weighted by Gasteiger charge is -2.33. The third-order valence-corrected chi connectivity index (χ3v) is 9.87. The SMILES string of the molecule is CCC[Si](CCC)(CCC)c1ccccc1OCC. The summed E-state index contributed by atoms with van der Waals surface area (Å²) in [5.74, 6) is 1.16. The number of hydrogen-bond acceptors (Lipinski definition) is 1. The van der Waals surface area contributed by atoms with Gasteiger partial charge in [0.1, 0.15) is 5.75 Å². The molecule has 0 aliphatic carbocycles. The van der Waals surface area contributed by atoms with Gasteiger partial charge in [-0.3, -0.25) is 0 Å². The number of ether oxygens (including phenoxy) is 1. The Kier molecular flexibility index (Phi) is 7.22. The molecule has 108 valence electrons. The smallest absolute Gasteiger partial charge is 0.118 e. The van der Waals surface area contributed by atoms with Crippen LogP contribution in [0.1, 0.15) is 47.0 Å². The van der Waals surface area contributed by atoms with Crippen LogP contribution < -0.4 is 9.92 Å². The van der Waals surface area contributed by atoms with Gasteiger partial charge in [-0.1, -0.05) is 76.4 Å². The lowest BCUT2D eigenvalue weighted by atomic mass is 10.3. The predicted octanol–water partition coefficient (Wildman–Crippen LogP) is 4.97. The molecule has 1 nitrogen and oxygen atoms in total. The lowest BCUT2D eigenvalue weighted by Crippen LogP contribution is -2.47. The summed E-state index contributed by atoms with van der Waals surface area (Å²) < 4.78 is 5.92. The molecule has 0 unspecified atom stereocenters. The minimum absolute atomic E-state index is 0.770. The van der Waals surface area contributed by atoms with E-state index in [4.69, 9.17) is 4.74 Å². The van der Waals surface area contributed by atoms with Gasteiger partial charge in [0, 0.05) is 0 Å². The summed E-state index contributed by atoms with van der Waals surface area (Å²) in [4.78, 5) is 0. The molecule has 0 bridgehead atoms. The van der Waals surface area contributed by atoms with Crippen LogP contribution in [0, 0.1) is 0 Å². The zero-order chi connectivity index (χ0) is 14.1. The molecule has 1 aromatic carbocycles. The summed E-state index contributed by atoms with van der Waals surface area (Å²) in [7, 11) is -1.38. The second kappa shape index (κ2) is 8.42. The number of para-hydroxylation sites is 1. The third kappa shape index (κ3) is 4.10. The summed E-state index contributed by atoms with van der Waals surface area (Å²) in [6.07, 6.45) is 3.89. The fraction of sp³-hybridized carbons (Fsp3) is 0.647. The van der Waals surface area contributed by atoms with E-state index in [0.29, 0.717) is 0 Å². The van der Waals surface area contributed by atoms with Crippen LogP contribution in [-0.4, -0.2) is 14.7 Å². The van der Waals surface area contributed by atoms with Gasteiger partial charge in [0.05, 0.1) is 14.7 Å². The Hall–Kier alpha value is -0.763.